The highest BCUT2D eigenvalue weighted by Gasteiger charge is 2.30. The monoisotopic (exact) mass is 333 g/mol. The fraction of sp³-hybridized carbons (Fsp3) is 0.318. The van der Waals surface area contributed by atoms with Crippen LogP contribution < -0.4 is 5.32 Å². The summed E-state index contributed by atoms with van der Waals surface area (Å²) in [6, 6.07) is 16.6. The highest BCUT2D eigenvalue weighted by Crippen LogP contribution is 2.44. The van der Waals surface area contributed by atoms with Crippen molar-refractivity contribution in [2.75, 3.05) is 6.61 Å². The van der Waals surface area contributed by atoms with Crippen molar-refractivity contribution in [3.8, 4) is 23.5 Å². The van der Waals surface area contributed by atoms with Gasteiger partial charge in [-0.2, -0.15) is 0 Å². The quantitative estimate of drug-likeness (QED) is 0.804. The van der Waals surface area contributed by atoms with Crippen LogP contribution in [0.4, 0.5) is 4.79 Å². The first-order valence-electron chi connectivity index (χ1n) is 8.75. The van der Waals surface area contributed by atoms with Crippen LogP contribution in [-0.4, -0.2) is 18.2 Å². The molecule has 2 aromatic carbocycles. The van der Waals surface area contributed by atoms with Gasteiger partial charge in [0, 0.05) is 5.92 Å². The average molecular weight is 333 g/mol. The lowest BCUT2D eigenvalue weighted by atomic mass is 9.94. The lowest BCUT2D eigenvalue weighted by Crippen LogP contribution is -2.46. The zero-order valence-corrected chi connectivity index (χ0v) is 14.7. The third kappa shape index (κ3) is 3.13. The maximum atomic E-state index is 12.3. The lowest BCUT2D eigenvalue weighted by molar-refractivity contribution is 0.134. The van der Waals surface area contributed by atoms with Crippen molar-refractivity contribution in [1.82, 2.24) is 5.32 Å². The van der Waals surface area contributed by atoms with E-state index in [0.717, 1.165) is 0 Å². The number of carbonyl (C=O) groups excluding carboxylic acids is 1. The molecule has 0 heterocycles. The van der Waals surface area contributed by atoms with Crippen LogP contribution in [0.1, 0.15) is 43.7 Å². The second-order valence-corrected chi connectivity index (χ2v) is 6.38. The van der Waals surface area contributed by atoms with Crippen LogP contribution in [-0.2, 0) is 4.74 Å². The molecule has 25 heavy (non-hydrogen) atoms. The van der Waals surface area contributed by atoms with Gasteiger partial charge in [-0.1, -0.05) is 68.3 Å². The van der Waals surface area contributed by atoms with Crippen LogP contribution >= 0.6 is 0 Å². The van der Waals surface area contributed by atoms with E-state index in [-0.39, 0.29) is 5.92 Å². The Balaban J connectivity index is 1.76. The van der Waals surface area contributed by atoms with Gasteiger partial charge in [0.05, 0.1) is 0 Å². The van der Waals surface area contributed by atoms with Crippen molar-refractivity contribution in [1.29, 1.82) is 0 Å². The molecule has 0 unspecified atom stereocenters. The molecule has 0 saturated carbocycles. The van der Waals surface area contributed by atoms with Gasteiger partial charge in [-0.3, -0.25) is 0 Å². The number of alkyl carbamates (subject to hydrolysis) is 1. The summed E-state index contributed by atoms with van der Waals surface area (Å²) >= 11 is 0. The molecule has 1 N–H and O–H groups in total. The van der Waals surface area contributed by atoms with Gasteiger partial charge in [-0.05, 0) is 35.1 Å². The zero-order valence-electron chi connectivity index (χ0n) is 14.7. The van der Waals surface area contributed by atoms with Crippen molar-refractivity contribution in [3.63, 3.8) is 0 Å². The molecule has 0 aliphatic heterocycles. The Morgan fingerprint density at radius 3 is 2.08 bits per heavy atom. The van der Waals surface area contributed by atoms with Crippen molar-refractivity contribution < 1.29 is 9.53 Å². The molecular weight excluding hydrogens is 310 g/mol. The van der Waals surface area contributed by atoms with Gasteiger partial charge in [0.15, 0.2) is 0 Å². The highest BCUT2D eigenvalue weighted by atomic mass is 16.5. The van der Waals surface area contributed by atoms with Crippen LogP contribution in [0.2, 0.25) is 0 Å². The predicted octanol–water partition coefficient (Wildman–Crippen LogP) is 4.72. The fourth-order valence-corrected chi connectivity index (χ4v) is 3.50. The van der Waals surface area contributed by atoms with Crippen molar-refractivity contribution >= 4 is 6.09 Å². The van der Waals surface area contributed by atoms with Gasteiger partial charge in [0.25, 0.3) is 0 Å². The molecule has 1 aliphatic rings. The summed E-state index contributed by atoms with van der Waals surface area (Å²) in [4.78, 5) is 12.3. The summed E-state index contributed by atoms with van der Waals surface area (Å²) in [7, 11) is 0. The summed E-state index contributed by atoms with van der Waals surface area (Å²) < 4.78 is 5.56. The second-order valence-electron chi connectivity index (χ2n) is 6.38. The summed E-state index contributed by atoms with van der Waals surface area (Å²) in [6.45, 7) is 4.23. The molecule has 1 aliphatic carbocycles. The van der Waals surface area contributed by atoms with E-state index in [4.69, 9.17) is 11.2 Å². The Morgan fingerprint density at radius 1 is 1.08 bits per heavy atom. The largest absolute Gasteiger partial charge is 0.449 e. The normalized spacial score (nSPS) is 12.8. The zero-order chi connectivity index (χ0) is 17.9. The number of benzene rings is 2. The van der Waals surface area contributed by atoms with E-state index < -0.39 is 11.6 Å². The van der Waals surface area contributed by atoms with Gasteiger partial charge in [0.2, 0.25) is 0 Å². The maximum Gasteiger partial charge on any atom is 0.408 e. The highest BCUT2D eigenvalue weighted by molar-refractivity contribution is 5.79. The van der Waals surface area contributed by atoms with E-state index in [1.165, 1.54) is 22.3 Å². The summed E-state index contributed by atoms with van der Waals surface area (Å²) in [5.74, 6) is 2.75. The Labute approximate surface area is 149 Å². The Kier molecular flexibility index (Phi) is 4.81. The van der Waals surface area contributed by atoms with Gasteiger partial charge >= 0.3 is 6.09 Å². The van der Waals surface area contributed by atoms with Crippen LogP contribution in [0.3, 0.4) is 0 Å². The average Bonchev–Trinajstić information content (AvgIpc) is 2.98. The van der Waals surface area contributed by atoms with E-state index in [0.29, 0.717) is 19.4 Å². The molecule has 0 radical (unpaired) electrons. The van der Waals surface area contributed by atoms with Gasteiger partial charge in [-0.25, -0.2) is 4.79 Å². The predicted molar refractivity (Wildman–Crippen MR) is 100 cm³/mol. The Morgan fingerprint density at radius 2 is 1.60 bits per heavy atom. The van der Waals surface area contributed by atoms with Crippen LogP contribution in [0.25, 0.3) is 11.1 Å². The number of fused-ring (bicyclic) bond motifs is 3. The molecule has 0 saturated heterocycles. The lowest BCUT2D eigenvalue weighted by Gasteiger charge is -2.26. The fourth-order valence-electron chi connectivity index (χ4n) is 3.50. The van der Waals surface area contributed by atoms with E-state index in [1.54, 1.807) is 0 Å². The molecule has 2 aromatic rings. The number of amides is 1. The molecule has 0 aromatic heterocycles. The molecule has 0 fully saturated rings. The third-order valence-electron chi connectivity index (χ3n) is 5.17. The van der Waals surface area contributed by atoms with Crippen molar-refractivity contribution in [3.05, 3.63) is 59.7 Å². The Hall–Kier alpha value is -2.73. The number of hydrogen-bond donors (Lipinski definition) is 1. The topological polar surface area (TPSA) is 38.3 Å². The van der Waals surface area contributed by atoms with E-state index >= 15 is 0 Å². The summed E-state index contributed by atoms with van der Waals surface area (Å²) in [6.07, 6.45) is 6.49. The molecule has 3 heteroatoms. The number of rotatable bonds is 5. The van der Waals surface area contributed by atoms with Gasteiger partial charge in [-0.15, -0.1) is 6.42 Å². The van der Waals surface area contributed by atoms with Crippen LogP contribution in [0.15, 0.2) is 48.5 Å². The smallest absolute Gasteiger partial charge is 0.408 e. The second kappa shape index (κ2) is 7.03. The van der Waals surface area contributed by atoms with Crippen LogP contribution in [0.5, 0.6) is 0 Å². The number of hydrogen-bond acceptors (Lipinski definition) is 2. The molecule has 3 nitrogen and oxygen atoms in total. The molecular formula is C22H23NO2. The maximum absolute atomic E-state index is 12.3. The Bertz CT molecular complexity index is 769. The first-order chi connectivity index (χ1) is 12.1. The van der Waals surface area contributed by atoms with Crippen molar-refractivity contribution in [2.24, 2.45) is 0 Å². The summed E-state index contributed by atoms with van der Waals surface area (Å²) in [5.41, 5.74) is 4.19. The minimum atomic E-state index is -0.636. The van der Waals surface area contributed by atoms with Gasteiger partial charge < -0.3 is 10.1 Å². The first kappa shape index (κ1) is 17.1. The standard InChI is InChI=1S/C22H23NO2/c1-4-22(5-2,6-3)23-21(24)25-15-20-18-13-9-7-11-16(18)17-12-8-10-14-19(17)20/h1,7-14,20H,5-6,15H2,2-3H3,(H,23,24). The molecule has 0 bridgehead atoms. The van der Waals surface area contributed by atoms with Crippen LogP contribution in [0, 0.1) is 12.3 Å². The van der Waals surface area contributed by atoms with Gasteiger partial charge in [0.1, 0.15) is 12.1 Å². The molecule has 1 amide bonds. The molecule has 128 valence electrons. The SMILES string of the molecule is C#CC(CC)(CC)NC(=O)OCC1c2ccccc2-c2ccccc21. The first-order valence-corrected chi connectivity index (χ1v) is 8.75. The number of ether oxygens (including phenoxy) is 1. The van der Waals surface area contributed by atoms with E-state index in [1.807, 2.05) is 38.1 Å². The van der Waals surface area contributed by atoms with E-state index in [9.17, 15) is 4.79 Å². The minimum Gasteiger partial charge on any atom is -0.449 e. The van der Waals surface area contributed by atoms with E-state index in [2.05, 4.69) is 35.5 Å². The molecule has 0 spiro atoms. The molecule has 0 atom stereocenters. The molecule has 3 rings (SSSR count). The minimum absolute atomic E-state index is 0.0571. The number of terminal acetylenes is 1. The number of carbonyl (C=O) groups is 1. The summed E-state index contributed by atoms with van der Waals surface area (Å²) in [5, 5.41) is 2.85. The third-order valence-corrected chi connectivity index (χ3v) is 5.17. The number of nitrogens with one attached hydrogen (secondary N) is 1. The van der Waals surface area contributed by atoms with Crippen molar-refractivity contribution in [2.45, 2.75) is 38.1 Å².